The van der Waals surface area contributed by atoms with Gasteiger partial charge in [0.05, 0.1) is 12.2 Å². The number of aliphatic imine (C=N–C) groups is 1. The van der Waals surface area contributed by atoms with E-state index in [-0.39, 0.29) is 23.2 Å². The van der Waals surface area contributed by atoms with Crippen LogP contribution in [-0.2, 0) is 9.59 Å². The number of alkyl halides is 2. The summed E-state index contributed by atoms with van der Waals surface area (Å²) in [7, 11) is 0. The van der Waals surface area contributed by atoms with E-state index in [1.54, 1.807) is 48.5 Å². The second kappa shape index (κ2) is 10.3. The maximum Gasteiger partial charge on any atom is 0.387 e. The number of amidine groups is 1. The molecule has 1 aliphatic rings. The number of nitrogens with zero attached hydrogens (tertiary/aromatic N) is 2. The Labute approximate surface area is 200 Å². The molecule has 2 aromatic carbocycles. The Kier molecular flexibility index (Phi) is 7.05. The van der Waals surface area contributed by atoms with Crippen LogP contribution in [-0.4, -0.2) is 29.3 Å². The van der Waals surface area contributed by atoms with Gasteiger partial charge in [0, 0.05) is 11.6 Å². The van der Waals surface area contributed by atoms with E-state index in [4.69, 9.17) is 4.42 Å². The van der Waals surface area contributed by atoms with Crippen molar-refractivity contribution in [2.75, 3.05) is 0 Å². The molecule has 1 aromatic heterocycles. The Morgan fingerprint density at radius 2 is 1.77 bits per heavy atom. The Morgan fingerprint density at radius 1 is 1.06 bits per heavy atom. The summed E-state index contributed by atoms with van der Waals surface area (Å²) in [5.74, 6) is -1.08. The van der Waals surface area contributed by atoms with Gasteiger partial charge in [0.15, 0.2) is 5.84 Å². The lowest BCUT2D eigenvalue weighted by Crippen LogP contribution is -2.49. The van der Waals surface area contributed by atoms with Crippen LogP contribution in [0.15, 0.2) is 88.1 Å². The number of benzene rings is 2. The van der Waals surface area contributed by atoms with Gasteiger partial charge in [-0.05, 0) is 35.7 Å². The van der Waals surface area contributed by atoms with E-state index >= 15 is 0 Å². The summed E-state index contributed by atoms with van der Waals surface area (Å²) in [5.41, 5.74) is 4.04. The van der Waals surface area contributed by atoms with Gasteiger partial charge in [0.1, 0.15) is 17.2 Å². The number of nitrogens with one attached hydrogen (secondary N) is 1. The molecule has 4 rings (SSSR count). The Morgan fingerprint density at radius 3 is 2.37 bits per heavy atom. The molecule has 2 heterocycles. The lowest BCUT2D eigenvalue weighted by Gasteiger charge is -2.25. The minimum absolute atomic E-state index is 0.00686. The maximum atomic E-state index is 13.4. The zero-order valence-electron chi connectivity index (χ0n) is 19.0. The molecule has 35 heavy (non-hydrogen) atoms. The van der Waals surface area contributed by atoms with Crippen molar-refractivity contribution in [1.29, 1.82) is 0 Å². The van der Waals surface area contributed by atoms with Crippen LogP contribution in [0.4, 0.5) is 8.78 Å². The topological polar surface area (TPSA) is 84.1 Å². The second-order valence-corrected chi connectivity index (χ2v) is 8.13. The molecule has 0 fully saturated rings. The molecule has 3 aromatic rings. The summed E-state index contributed by atoms with van der Waals surface area (Å²) in [6, 6.07) is 18.3. The lowest BCUT2D eigenvalue weighted by molar-refractivity contribution is -0.134. The number of amides is 2. The van der Waals surface area contributed by atoms with Crippen LogP contribution in [0.2, 0.25) is 0 Å². The summed E-state index contributed by atoms with van der Waals surface area (Å²) in [4.78, 5) is 31.1. The summed E-state index contributed by atoms with van der Waals surface area (Å²) < 4.78 is 34.7. The normalized spacial score (nSPS) is 15.6. The van der Waals surface area contributed by atoms with Crippen molar-refractivity contribution in [1.82, 2.24) is 10.4 Å². The summed E-state index contributed by atoms with van der Waals surface area (Å²) in [6.07, 6.45) is 2.98. The zero-order valence-corrected chi connectivity index (χ0v) is 19.0. The Bertz CT molecular complexity index is 1240. The molecular formula is C26H23F2N3O4. The first kappa shape index (κ1) is 23.9. The van der Waals surface area contributed by atoms with Crippen LogP contribution >= 0.6 is 0 Å². The first-order chi connectivity index (χ1) is 16.8. The van der Waals surface area contributed by atoms with E-state index in [1.807, 2.05) is 19.9 Å². The molecule has 9 heteroatoms. The Hall–Kier alpha value is -4.27. The molecule has 1 N–H and O–H groups in total. The highest BCUT2D eigenvalue weighted by atomic mass is 19.3. The molecule has 0 saturated heterocycles. The Balaban J connectivity index is 1.62. The van der Waals surface area contributed by atoms with Gasteiger partial charge in [-0.1, -0.05) is 56.3 Å². The smallest absolute Gasteiger partial charge is 0.387 e. The van der Waals surface area contributed by atoms with Crippen molar-refractivity contribution >= 4 is 23.7 Å². The third-order valence-electron chi connectivity index (χ3n) is 5.35. The van der Waals surface area contributed by atoms with E-state index in [0.29, 0.717) is 16.9 Å². The third kappa shape index (κ3) is 5.46. The number of hydrogen-bond acceptors (Lipinski definition) is 5. The lowest BCUT2D eigenvalue weighted by atomic mass is 9.88. The fourth-order valence-corrected chi connectivity index (χ4v) is 3.78. The minimum Gasteiger partial charge on any atom is -0.465 e. The molecule has 0 bridgehead atoms. The van der Waals surface area contributed by atoms with Crippen molar-refractivity contribution in [3.8, 4) is 5.75 Å². The number of carbonyl (C=O) groups excluding carboxylic acids is 2. The standard InChI is InChI=1S/C26H23F2N3O4/c1-16(2)22(17-10-12-19(13-11-17)35-26(27)28)24(32)30-31-23(18-7-4-3-5-8-18)29-21(25(31)33)15-20-9-6-14-34-20/h3-16,22,26H,1-2H3,(H,30,32)/b21-15+/t22-/m0/s1. The molecule has 0 saturated carbocycles. The largest absolute Gasteiger partial charge is 0.465 e. The van der Waals surface area contributed by atoms with Crippen LogP contribution in [0, 0.1) is 5.92 Å². The van der Waals surface area contributed by atoms with Gasteiger partial charge in [-0.25, -0.2) is 4.99 Å². The van der Waals surface area contributed by atoms with Gasteiger partial charge in [-0.2, -0.15) is 13.8 Å². The second-order valence-electron chi connectivity index (χ2n) is 8.13. The average molecular weight is 479 g/mol. The molecule has 0 aliphatic carbocycles. The van der Waals surface area contributed by atoms with E-state index in [0.717, 1.165) is 5.01 Å². The molecule has 0 unspecified atom stereocenters. The number of furan rings is 1. The predicted octanol–water partition coefficient (Wildman–Crippen LogP) is 4.98. The fraction of sp³-hybridized carbons (Fsp3) is 0.192. The SMILES string of the molecule is CC(C)[C@H](C(=O)NN1C(=O)/C(=C\c2ccco2)N=C1c1ccccc1)c1ccc(OC(F)F)cc1. The van der Waals surface area contributed by atoms with Gasteiger partial charge >= 0.3 is 6.61 Å². The molecule has 180 valence electrons. The van der Waals surface area contributed by atoms with Crippen molar-refractivity contribution < 1.29 is 27.5 Å². The molecule has 1 aliphatic heterocycles. The number of hydrogen-bond donors (Lipinski definition) is 1. The summed E-state index contributed by atoms with van der Waals surface area (Å²) in [6.45, 7) is 0.771. The molecule has 1 atom stereocenters. The van der Waals surface area contributed by atoms with Crippen LogP contribution in [0.3, 0.4) is 0 Å². The van der Waals surface area contributed by atoms with Crippen LogP contribution < -0.4 is 10.2 Å². The van der Waals surface area contributed by atoms with Gasteiger partial charge < -0.3 is 9.15 Å². The molecule has 0 radical (unpaired) electrons. The molecule has 0 spiro atoms. The van der Waals surface area contributed by atoms with Crippen molar-refractivity contribution in [3.63, 3.8) is 0 Å². The van der Waals surface area contributed by atoms with Crippen molar-refractivity contribution in [3.05, 3.63) is 95.6 Å². The fourth-order valence-electron chi connectivity index (χ4n) is 3.78. The highest BCUT2D eigenvalue weighted by Gasteiger charge is 2.35. The van der Waals surface area contributed by atoms with Crippen LogP contribution in [0.1, 0.15) is 36.7 Å². The predicted molar refractivity (Wildman–Crippen MR) is 125 cm³/mol. The molecule has 7 nitrogen and oxygen atoms in total. The van der Waals surface area contributed by atoms with E-state index < -0.39 is 24.3 Å². The van der Waals surface area contributed by atoms with Gasteiger partial charge in [-0.15, -0.1) is 0 Å². The number of carbonyl (C=O) groups is 2. The maximum absolute atomic E-state index is 13.4. The first-order valence-electron chi connectivity index (χ1n) is 10.9. The van der Waals surface area contributed by atoms with Crippen molar-refractivity contribution in [2.45, 2.75) is 26.4 Å². The van der Waals surface area contributed by atoms with Crippen molar-refractivity contribution in [2.24, 2.45) is 10.9 Å². The third-order valence-corrected chi connectivity index (χ3v) is 5.35. The molecular weight excluding hydrogens is 456 g/mol. The van der Waals surface area contributed by atoms with Gasteiger partial charge in [0.25, 0.3) is 5.91 Å². The number of halogens is 2. The summed E-state index contributed by atoms with van der Waals surface area (Å²) in [5, 5.41) is 1.12. The quantitative estimate of drug-likeness (QED) is 0.462. The van der Waals surface area contributed by atoms with Crippen LogP contribution in [0.5, 0.6) is 5.75 Å². The van der Waals surface area contributed by atoms with Gasteiger partial charge in [-0.3, -0.25) is 15.0 Å². The molecule has 2 amide bonds. The van der Waals surface area contributed by atoms with Crippen LogP contribution in [0.25, 0.3) is 6.08 Å². The highest BCUT2D eigenvalue weighted by Crippen LogP contribution is 2.28. The van der Waals surface area contributed by atoms with E-state index in [1.165, 1.54) is 24.5 Å². The number of ether oxygens (including phenoxy) is 1. The monoisotopic (exact) mass is 479 g/mol. The average Bonchev–Trinajstić information content (AvgIpc) is 3.44. The van der Waals surface area contributed by atoms with Gasteiger partial charge in [0.2, 0.25) is 5.91 Å². The minimum atomic E-state index is -2.94. The number of hydrazine groups is 1. The first-order valence-corrected chi connectivity index (χ1v) is 10.9. The van der Waals surface area contributed by atoms with E-state index in [9.17, 15) is 18.4 Å². The number of rotatable bonds is 8. The zero-order chi connectivity index (χ0) is 24.9. The summed E-state index contributed by atoms with van der Waals surface area (Å²) >= 11 is 0. The highest BCUT2D eigenvalue weighted by molar-refractivity contribution is 6.20. The van der Waals surface area contributed by atoms with E-state index in [2.05, 4.69) is 15.2 Å².